The van der Waals surface area contributed by atoms with Gasteiger partial charge < -0.3 is 5.32 Å². The first-order valence-corrected chi connectivity index (χ1v) is 14.9. The van der Waals surface area contributed by atoms with Crippen molar-refractivity contribution in [1.29, 1.82) is 0 Å². The summed E-state index contributed by atoms with van der Waals surface area (Å²) in [7, 11) is -3.73. The molecule has 206 valence electrons. The number of carbonyl (C=O) groups excluding carboxylic acids is 1. The molecule has 1 saturated heterocycles. The van der Waals surface area contributed by atoms with E-state index >= 15 is 0 Å². The van der Waals surface area contributed by atoms with E-state index in [9.17, 15) is 13.2 Å². The van der Waals surface area contributed by atoms with Crippen molar-refractivity contribution in [2.24, 2.45) is 0 Å². The monoisotopic (exact) mass is 554 g/mol. The van der Waals surface area contributed by atoms with Crippen molar-refractivity contribution in [2.45, 2.75) is 24.9 Å². The number of amides is 1. The number of hydrogen-bond donors (Lipinski definition) is 2. The topological polar surface area (TPSA) is 81.8 Å². The Hall–Kier alpha value is -3.98. The Balaban J connectivity index is 1.11. The third-order valence-corrected chi connectivity index (χ3v) is 8.43. The molecule has 0 unspecified atom stereocenters. The second-order valence-corrected chi connectivity index (χ2v) is 11.9. The van der Waals surface area contributed by atoms with Gasteiger partial charge in [-0.1, -0.05) is 54.6 Å². The molecule has 40 heavy (non-hydrogen) atoms. The molecular formula is C32H34N4O3S. The van der Waals surface area contributed by atoms with E-state index in [4.69, 9.17) is 0 Å². The lowest BCUT2D eigenvalue weighted by Gasteiger charge is -2.34. The van der Waals surface area contributed by atoms with Crippen molar-refractivity contribution in [1.82, 2.24) is 9.80 Å². The maximum Gasteiger partial charge on any atom is 0.261 e. The molecule has 0 aliphatic carbocycles. The van der Waals surface area contributed by atoms with Crippen molar-refractivity contribution in [3.05, 3.63) is 125 Å². The van der Waals surface area contributed by atoms with E-state index in [-0.39, 0.29) is 10.8 Å². The Morgan fingerprint density at radius 3 is 1.90 bits per heavy atom. The second kappa shape index (κ2) is 12.5. The van der Waals surface area contributed by atoms with E-state index in [1.165, 1.54) is 23.3 Å². The molecule has 1 amide bonds. The molecule has 0 aromatic heterocycles. The molecule has 1 heterocycles. The fourth-order valence-corrected chi connectivity index (χ4v) is 5.86. The molecule has 1 fully saturated rings. The van der Waals surface area contributed by atoms with E-state index in [1.807, 2.05) is 37.3 Å². The minimum atomic E-state index is -3.73. The highest BCUT2D eigenvalue weighted by atomic mass is 32.2. The number of piperazine rings is 1. The number of aryl methyl sites for hydroxylation is 1. The summed E-state index contributed by atoms with van der Waals surface area (Å²) in [4.78, 5) is 17.9. The lowest BCUT2D eigenvalue weighted by molar-refractivity contribution is 0.102. The van der Waals surface area contributed by atoms with Crippen LogP contribution in [-0.2, 0) is 23.1 Å². The van der Waals surface area contributed by atoms with Crippen LogP contribution in [-0.4, -0.2) is 50.3 Å². The number of benzene rings is 4. The molecule has 0 radical (unpaired) electrons. The van der Waals surface area contributed by atoms with Crippen molar-refractivity contribution < 1.29 is 13.2 Å². The highest BCUT2D eigenvalue weighted by Crippen LogP contribution is 2.20. The Morgan fingerprint density at radius 2 is 1.30 bits per heavy atom. The van der Waals surface area contributed by atoms with Gasteiger partial charge in [-0.3, -0.25) is 19.3 Å². The van der Waals surface area contributed by atoms with Gasteiger partial charge in [-0.05, 0) is 72.1 Å². The Labute approximate surface area is 236 Å². The normalized spacial score (nSPS) is 14.5. The number of hydrogen-bond acceptors (Lipinski definition) is 5. The van der Waals surface area contributed by atoms with Crippen LogP contribution in [0, 0.1) is 6.92 Å². The molecule has 7 nitrogen and oxygen atoms in total. The molecule has 4 aromatic rings. The van der Waals surface area contributed by atoms with Crippen molar-refractivity contribution in [3.8, 4) is 0 Å². The fourth-order valence-electron chi connectivity index (χ4n) is 4.81. The molecule has 1 aliphatic rings. The molecule has 0 saturated carbocycles. The van der Waals surface area contributed by atoms with Crippen LogP contribution in [0.25, 0.3) is 0 Å². The minimum absolute atomic E-state index is 0.122. The van der Waals surface area contributed by atoms with Gasteiger partial charge >= 0.3 is 0 Å². The average Bonchev–Trinajstić information content (AvgIpc) is 2.95. The van der Waals surface area contributed by atoms with Crippen molar-refractivity contribution in [3.63, 3.8) is 0 Å². The number of rotatable bonds is 9. The lowest BCUT2D eigenvalue weighted by atomic mass is 10.1. The van der Waals surface area contributed by atoms with Crippen molar-refractivity contribution >= 4 is 27.3 Å². The first-order chi connectivity index (χ1) is 19.3. The molecule has 1 aliphatic heterocycles. The van der Waals surface area contributed by atoms with Crippen LogP contribution >= 0.6 is 0 Å². The predicted octanol–water partition coefficient (Wildman–Crippen LogP) is 5.37. The molecule has 0 spiro atoms. The van der Waals surface area contributed by atoms with Gasteiger partial charge in [-0.2, -0.15) is 0 Å². The van der Waals surface area contributed by atoms with E-state index in [1.54, 1.807) is 30.3 Å². The van der Waals surface area contributed by atoms with Crippen LogP contribution in [0.2, 0.25) is 0 Å². The van der Waals surface area contributed by atoms with Gasteiger partial charge in [0.2, 0.25) is 0 Å². The Kier molecular flexibility index (Phi) is 8.60. The second-order valence-electron chi connectivity index (χ2n) is 10.2. The fraction of sp³-hybridized carbons (Fsp3) is 0.219. The first kappa shape index (κ1) is 27.6. The quantitative estimate of drug-likeness (QED) is 0.291. The van der Waals surface area contributed by atoms with Crippen molar-refractivity contribution in [2.75, 3.05) is 36.2 Å². The summed E-state index contributed by atoms with van der Waals surface area (Å²) < 4.78 is 28.0. The number of carbonyl (C=O) groups is 1. The van der Waals surface area contributed by atoms with Gasteiger partial charge in [0, 0.05) is 56.2 Å². The zero-order valence-corrected chi connectivity index (χ0v) is 23.4. The molecule has 0 bridgehead atoms. The summed E-state index contributed by atoms with van der Waals surface area (Å²) in [5, 5.41) is 2.85. The highest BCUT2D eigenvalue weighted by molar-refractivity contribution is 7.92. The number of nitrogens with one attached hydrogen (secondary N) is 2. The molecule has 2 N–H and O–H groups in total. The van der Waals surface area contributed by atoms with Gasteiger partial charge in [0.1, 0.15) is 0 Å². The van der Waals surface area contributed by atoms with Gasteiger partial charge in [0.25, 0.3) is 15.9 Å². The van der Waals surface area contributed by atoms with Crippen LogP contribution in [0.1, 0.15) is 27.0 Å². The van der Waals surface area contributed by atoms with Gasteiger partial charge in [0.15, 0.2) is 0 Å². The van der Waals surface area contributed by atoms with Gasteiger partial charge in [0.05, 0.1) is 4.90 Å². The summed E-state index contributed by atoms with van der Waals surface area (Å²) in [5.74, 6) is -0.241. The van der Waals surface area contributed by atoms with E-state index in [2.05, 4.69) is 50.2 Å². The highest BCUT2D eigenvalue weighted by Gasteiger charge is 2.18. The standard InChI is InChI=1S/C32H34N4O3S/c1-25-6-5-9-30(22-25)34-40(38,39)31-16-14-29(15-17-31)33-32(37)28-12-10-27(11-13-28)24-36-20-18-35(19-21-36)23-26-7-3-2-4-8-26/h2-17,22,34H,18-21,23-24H2,1H3,(H,33,37). The van der Waals surface area contributed by atoms with Crippen LogP contribution < -0.4 is 10.0 Å². The third-order valence-electron chi connectivity index (χ3n) is 7.03. The van der Waals surface area contributed by atoms with E-state index in [0.717, 1.165) is 44.8 Å². The summed E-state index contributed by atoms with van der Waals surface area (Å²) in [6.07, 6.45) is 0. The summed E-state index contributed by atoms with van der Waals surface area (Å²) in [5.41, 5.74) is 5.06. The Bertz CT molecular complexity index is 1530. The molecule has 4 aromatic carbocycles. The maximum atomic E-state index is 12.8. The average molecular weight is 555 g/mol. The van der Waals surface area contributed by atoms with Crippen LogP contribution in [0.5, 0.6) is 0 Å². The SMILES string of the molecule is Cc1cccc(NS(=O)(=O)c2ccc(NC(=O)c3ccc(CN4CCN(Cc5ccccc5)CC4)cc3)cc2)c1. The number of anilines is 2. The zero-order valence-electron chi connectivity index (χ0n) is 22.6. The summed E-state index contributed by atoms with van der Waals surface area (Å²) in [6, 6.07) is 31.6. The smallest absolute Gasteiger partial charge is 0.261 e. The predicted molar refractivity (Wildman–Crippen MR) is 160 cm³/mol. The van der Waals surface area contributed by atoms with Gasteiger partial charge in [-0.25, -0.2) is 8.42 Å². The summed E-state index contributed by atoms with van der Waals surface area (Å²) >= 11 is 0. The molecular weight excluding hydrogens is 520 g/mol. The number of nitrogens with zero attached hydrogens (tertiary/aromatic N) is 2. The van der Waals surface area contributed by atoms with E-state index < -0.39 is 10.0 Å². The van der Waals surface area contributed by atoms with E-state index in [0.29, 0.717) is 16.9 Å². The van der Waals surface area contributed by atoms with Gasteiger partial charge in [-0.15, -0.1) is 0 Å². The number of sulfonamides is 1. The third kappa shape index (κ3) is 7.35. The minimum Gasteiger partial charge on any atom is -0.322 e. The molecule has 0 atom stereocenters. The Morgan fingerprint density at radius 1 is 0.700 bits per heavy atom. The summed E-state index contributed by atoms with van der Waals surface area (Å²) in [6.45, 7) is 7.85. The largest absolute Gasteiger partial charge is 0.322 e. The first-order valence-electron chi connectivity index (χ1n) is 13.4. The lowest BCUT2D eigenvalue weighted by Crippen LogP contribution is -2.45. The molecule has 5 rings (SSSR count). The van der Waals surface area contributed by atoms with Crippen LogP contribution in [0.15, 0.2) is 108 Å². The zero-order chi connectivity index (χ0) is 28.0. The molecule has 8 heteroatoms. The maximum absolute atomic E-state index is 12.8. The van der Waals surface area contributed by atoms with Crippen LogP contribution in [0.3, 0.4) is 0 Å². The van der Waals surface area contributed by atoms with Crippen LogP contribution in [0.4, 0.5) is 11.4 Å².